The van der Waals surface area contributed by atoms with Gasteiger partial charge in [-0.15, -0.1) is 0 Å². The molecule has 5 heteroatoms. The molecule has 2 heterocycles. The van der Waals surface area contributed by atoms with Crippen LogP contribution in [0, 0.1) is 6.92 Å². The molecule has 0 radical (unpaired) electrons. The van der Waals surface area contributed by atoms with Gasteiger partial charge in [-0.1, -0.05) is 5.16 Å². The van der Waals surface area contributed by atoms with E-state index in [2.05, 4.69) is 20.8 Å². The number of nitrogens with zero attached hydrogens (tertiary/aromatic N) is 2. The van der Waals surface area contributed by atoms with Crippen molar-refractivity contribution < 1.29 is 4.52 Å². The second-order valence-corrected chi connectivity index (χ2v) is 3.65. The van der Waals surface area contributed by atoms with Gasteiger partial charge >= 0.3 is 0 Å². The highest BCUT2D eigenvalue weighted by molar-refractivity contribution is 4.85. The Balaban J connectivity index is 1.76. The molecule has 1 unspecified atom stereocenters. The molecule has 0 spiro atoms. The van der Waals surface area contributed by atoms with E-state index >= 15 is 0 Å². The summed E-state index contributed by atoms with van der Waals surface area (Å²) in [5.74, 6) is 1.37. The van der Waals surface area contributed by atoms with Crippen molar-refractivity contribution in [2.75, 3.05) is 13.1 Å². The Morgan fingerprint density at radius 3 is 3.21 bits per heavy atom. The van der Waals surface area contributed by atoms with E-state index in [1.54, 1.807) is 6.92 Å². The first-order chi connectivity index (χ1) is 6.84. The molecular formula is C9H16N4O. The fraction of sp³-hybridized carbons (Fsp3) is 0.778. The third kappa shape index (κ3) is 2.52. The van der Waals surface area contributed by atoms with Crippen molar-refractivity contribution in [1.82, 2.24) is 20.8 Å². The molecule has 2 rings (SSSR count). The summed E-state index contributed by atoms with van der Waals surface area (Å²) in [6.07, 6.45) is 2.47. The van der Waals surface area contributed by atoms with E-state index in [1.807, 2.05) is 0 Å². The normalized spacial score (nSPS) is 22.5. The van der Waals surface area contributed by atoms with Crippen LogP contribution < -0.4 is 10.6 Å². The summed E-state index contributed by atoms with van der Waals surface area (Å²) in [6, 6.07) is 0.544. The van der Waals surface area contributed by atoms with Gasteiger partial charge in [-0.2, -0.15) is 4.98 Å². The predicted octanol–water partition coefficient (Wildman–Crippen LogP) is 0.220. The van der Waals surface area contributed by atoms with E-state index in [4.69, 9.17) is 4.52 Å². The van der Waals surface area contributed by atoms with Crippen molar-refractivity contribution in [2.45, 2.75) is 32.4 Å². The zero-order valence-corrected chi connectivity index (χ0v) is 8.42. The topological polar surface area (TPSA) is 63.0 Å². The molecule has 78 valence electrons. The first-order valence-electron chi connectivity index (χ1n) is 5.08. The quantitative estimate of drug-likeness (QED) is 0.724. The maximum absolute atomic E-state index is 4.89. The van der Waals surface area contributed by atoms with E-state index in [9.17, 15) is 0 Å². The highest BCUT2D eigenvalue weighted by Crippen LogP contribution is 2.02. The lowest BCUT2D eigenvalue weighted by Crippen LogP contribution is -2.42. The van der Waals surface area contributed by atoms with Crippen LogP contribution >= 0.6 is 0 Å². The summed E-state index contributed by atoms with van der Waals surface area (Å²) in [6.45, 7) is 4.68. The van der Waals surface area contributed by atoms with Gasteiger partial charge in [-0.25, -0.2) is 0 Å². The maximum atomic E-state index is 4.89. The minimum absolute atomic E-state index is 0.544. The monoisotopic (exact) mass is 196 g/mol. The minimum Gasteiger partial charge on any atom is -0.340 e. The van der Waals surface area contributed by atoms with Crippen molar-refractivity contribution in [3.63, 3.8) is 0 Å². The van der Waals surface area contributed by atoms with Crippen molar-refractivity contribution in [1.29, 1.82) is 0 Å². The van der Waals surface area contributed by atoms with Crippen molar-refractivity contribution >= 4 is 0 Å². The SMILES string of the molecule is Cc1nc(CNC2CCCNC2)no1. The lowest BCUT2D eigenvalue weighted by atomic mass is 10.1. The molecule has 5 nitrogen and oxygen atoms in total. The minimum atomic E-state index is 0.544. The van der Waals surface area contributed by atoms with Crippen molar-refractivity contribution in [3.05, 3.63) is 11.7 Å². The Kier molecular flexibility index (Phi) is 3.10. The average Bonchev–Trinajstić information content (AvgIpc) is 2.63. The summed E-state index contributed by atoms with van der Waals surface area (Å²) >= 11 is 0. The number of hydrogen-bond acceptors (Lipinski definition) is 5. The van der Waals surface area contributed by atoms with Crippen LogP contribution in [-0.4, -0.2) is 29.3 Å². The highest BCUT2D eigenvalue weighted by atomic mass is 16.5. The fourth-order valence-electron chi connectivity index (χ4n) is 1.67. The predicted molar refractivity (Wildman–Crippen MR) is 51.8 cm³/mol. The van der Waals surface area contributed by atoms with Gasteiger partial charge in [0.15, 0.2) is 5.82 Å². The van der Waals surface area contributed by atoms with Gasteiger partial charge in [-0.3, -0.25) is 0 Å². The summed E-state index contributed by atoms with van der Waals surface area (Å²) in [5, 5.41) is 10.6. The molecule has 2 N–H and O–H groups in total. The molecule has 1 fully saturated rings. The Bertz CT molecular complexity index is 280. The zero-order valence-electron chi connectivity index (χ0n) is 8.42. The van der Waals surface area contributed by atoms with Gasteiger partial charge < -0.3 is 15.2 Å². The van der Waals surface area contributed by atoms with Crippen LogP contribution in [0.15, 0.2) is 4.52 Å². The maximum Gasteiger partial charge on any atom is 0.223 e. The first kappa shape index (κ1) is 9.61. The Labute approximate surface area is 83.3 Å². The largest absolute Gasteiger partial charge is 0.340 e. The zero-order chi connectivity index (χ0) is 9.80. The third-order valence-corrected chi connectivity index (χ3v) is 2.42. The fourth-order valence-corrected chi connectivity index (χ4v) is 1.67. The second-order valence-electron chi connectivity index (χ2n) is 3.65. The molecule has 1 aliphatic rings. The molecule has 0 amide bonds. The highest BCUT2D eigenvalue weighted by Gasteiger charge is 2.12. The molecule has 1 saturated heterocycles. The van der Waals surface area contributed by atoms with Gasteiger partial charge in [0, 0.05) is 19.5 Å². The number of nitrogens with one attached hydrogen (secondary N) is 2. The second kappa shape index (κ2) is 4.52. The Hall–Kier alpha value is -0.940. The first-order valence-corrected chi connectivity index (χ1v) is 5.08. The van der Waals surface area contributed by atoms with E-state index in [0.717, 1.165) is 18.9 Å². The summed E-state index contributed by atoms with van der Waals surface area (Å²) in [5.41, 5.74) is 0. The molecule has 14 heavy (non-hydrogen) atoms. The van der Waals surface area contributed by atoms with Crippen LogP contribution in [0.2, 0.25) is 0 Å². The van der Waals surface area contributed by atoms with Gasteiger partial charge in [0.2, 0.25) is 5.89 Å². The third-order valence-electron chi connectivity index (χ3n) is 2.42. The van der Waals surface area contributed by atoms with Crippen LogP contribution in [0.5, 0.6) is 0 Å². The molecule has 0 aromatic carbocycles. The van der Waals surface area contributed by atoms with Gasteiger partial charge in [0.1, 0.15) is 0 Å². The number of hydrogen-bond donors (Lipinski definition) is 2. The van der Waals surface area contributed by atoms with E-state index in [0.29, 0.717) is 18.5 Å². The van der Waals surface area contributed by atoms with Crippen LogP contribution in [0.25, 0.3) is 0 Å². The average molecular weight is 196 g/mol. The summed E-state index contributed by atoms with van der Waals surface area (Å²) < 4.78 is 4.89. The molecule has 1 aromatic rings. The molecule has 1 atom stereocenters. The van der Waals surface area contributed by atoms with Crippen molar-refractivity contribution in [3.8, 4) is 0 Å². The molecule has 0 saturated carbocycles. The van der Waals surface area contributed by atoms with Crippen molar-refractivity contribution in [2.24, 2.45) is 0 Å². The lowest BCUT2D eigenvalue weighted by molar-refractivity contribution is 0.367. The molecular weight excluding hydrogens is 180 g/mol. The Morgan fingerprint density at radius 2 is 2.57 bits per heavy atom. The molecule has 0 bridgehead atoms. The standard InChI is InChI=1S/C9H16N4O/c1-7-12-9(13-14-7)6-11-8-3-2-4-10-5-8/h8,10-11H,2-6H2,1H3. The van der Waals surface area contributed by atoms with Gasteiger partial charge in [-0.05, 0) is 19.4 Å². The van der Waals surface area contributed by atoms with Gasteiger partial charge in [0.25, 0.3) is 0 Å². The Morgan fingerprint density at radius 1 is 1.64 bits per heavy atom. The van der Waals surface area contributed by atoms with Crippen LogP contribution in [0.4, 0.5) is 0 Å². The number of aryl methyl sites for hydroxylation is 1. The lowest BCUT2D eigenvalue weighted by Gasteiger charge is -2.23. The number of aromatic nitrogens is 2. The van der Waals surface area contributed by atoms with E-state index in [1.165, 1.54) is 12.8 Å². The van der Waals surface area contributed by atoms with Crippen LogP contribution in [0.3, 0.4) is 0 Å². The molecule has 0 aliphatic carbocycles. The number of piperidine rings is 1. The van der Waals surface area contributed by atoms with Crippen LogP contribution in [-0.2, 0) is 6.54 Å². The molecule has 1 aromatic heterocycles. The molecule has 1 aliphatic heterocycles. The van der Waals surface area contributed by atoms with E-state index < -0.39 is 0 Å². The van der Waals surface area contributed by atoms with Gasteiger partial charge in [0.05, 0.1) is 6.54 Å². The summed E-state index contributed by atoms with van der Waals surface area (Å²) in [7, 11) is 0. The number of rotatable bonds is 3. The van der Waals surface area contributed by atoms with Crippen LogP contribution in [0.1, 0.15) is 24.6 Å². The summed E-state index contributed by atoms with van der Waals surface area (Å²) in [4.78, 5) is 4.13. The van der Waals surface area contributed by atoms with E-state index in [-0.39, 0.29) is 0 Å². The smallest absolute Gasteiger partial charge is 0.223 e.